The molecule has 0 aliphatic carbocycles. The van der Waals surface area contributed by atoms with E-state index in [9.17, 15) is 0 Å². The molecule has 0 spiro atoms. The van der Waals surface area contributed by atoms with Gasteiger partial charge in [-0.05, 0) is 89.8 Å². The molecule has 1 aromatic carbocycles. The lowest BCUT2D eigenvalue weighted by atomic mass is 9.78. The van der Waals surface area contributed by atoms with Crippen molar-refractivity contribution >= 4 is 12.6 Å². The van der Waals surface area contributed by atoms with Crippen molar-refractivity contribution in [2.45, 2.75) is 77.4 Å². The normalized spacial score (nSPS) is 24.7. The molecule has 2 heterocycles. The summed E-state index contributed by atoms with van der Waals surface area (Å²) in [7, 11) is -0.281. The van der Waals surface area contributed by atoms with E-state index in [4.69, 9.17) is 14.6 Å². The molecule has 0 saturated carbocycles. The molecule has 2 aliphatic heterocycles. The lowest BCUT2D eigenvalue weighted by molar-refractivity contribution is 0.00578. The molecule has 0 radical (unpaired) electrons. The summed E-state index contributed by atoms with van der Waals surface area (Å²) in [4.78, 5) is 2.46. The van der Waals surface area contributed by atoms with Crippen LogP contribution in [0.4, 0.5) is 0 Å². The number of nitrogens with zero attached hydrogens (tertiary/aromatic N) is 2. The first-order valence-electron chi connectivity index (χ1n) is 10.8. The number of likely N-dealkylation sites (tertiary alicyclic amines) is 1. The summed E-state index contributed by atoms with van der Waals surface area (Å²) in [5, 5.41) is 8.79. The van der Waals surface area contributed by atoms with Gasteiger partial charge in [0.05, 0.1) is 17.3 Å². The van der Waals surface area contributed by atoms with Gasteiger partial charge in [0.25, 0.3) is 0 Å². The predicted molar refractivity (Wildman–Crippen MR) is 114 cm³/mol. The molecule has 5 heteroatoms. The first-order chi connectivity index (χ1) is 13.3. The zero-order chi connectivity index (χ0) is 20.2. The van der Waals surface area contributed by atoms with E-state index < -0.39 is 0 Å². The fourth-order valence-corrected chi connectivity index (χ4v) is 4.19. The fourth-order valence-electron chi connectivity index (χ4n) is 4.19. The van der Waals surface area contributed by atoms with E-state index in [0.717, 1.165) is 37.4 Å². The van der Waals surface area contributed by atoms with Gasteiger partial charge in [-0.2, -0.15) is 5.26 Å². The van der Waals surface area contributed by atoms with Crippen LogP contribution in [0.5, 0.6) is 0 Å². The van der Waals surface area contributed by atoms with Crippen LogP contribution in [0.3, 0.4) is 0 Å². The highest BCUT2D eigenvalue weighted by Gasteiger charge is 2.51. The van der Waals surface area contributed by atoms with E-state index in [0.29, 0.717) is 6.42 Å². The highest BCUT2D eigenvalue weighted by Crippen LogP contribution is 2.36. The van der Waals surface area contributed by atoms with Crippen LogP contribution in [0.1, 0.15) is 65.4 Å². The summed E-state index contributed by atoms with van der Waals surface area (Å²) in [5.41, 5.74) is 1.90. The lowest BCUT2D eigenvalue weighted by Gasteiger charge is -2.32. The molecule has 1 unspecified atom stereocenters. The molecule has 0 N–H and O–H groups in total. The average molecular weight is 382 g/mol. The average Bonchev–Trinajstić information content (AvgIpc) is 2.80. The van der Waals surface area contributed by atoms with Gasteiger partial charge in [0.15, 0.2) is 0 Å². The standard InChI is InChI=1S/C23H35BN2O2/c1-22(2)23(3,4)28-24(27-22)21-10-5-8-20(18-21)12-11-19-9-6-15-26(17-13-19)16-7-14-25/h5,8,10,18-19H,6-7,9,11-13,15-17H2,1-4H3. The highest BCUT2D eigenvalue weighted by atomic mass is 16.7. The SMILES string of the molecule is CC1(C)OB(c2cccc(CCC3CCCN(CCC#N)CC3)c2)OC1(C)C. The summed E-state index contributed by atoms with van der Waals surface area (Å²) in [6, 6.07) is 11.0. The van der Waals surface area contributed by atoms with Crippen molar-refractivity contribution in [3.8, 4) is 6.07 Å². The van der Waals surface area contributed by atoms with E-state index in [2.05, 4.69) is 62.9 Å². The van der Waals surface area contributed by atoms with Crippen molar-refractivity contribution in [2.24, 2.45) is 5.92 Å². The van der Waals surface area contributed by atoms with Crippen LogP contribution in [0.25, 0.3) is 0 Å². The van der Waals surface area contributed by atoms with E-state index in [-0.39, 0.29) is 18.3 Å². The third-order valence-corrected chi connectivity index (χ3v) is 6.80. The molecule has 2 fully saturated rings. The molecule has 3 rings (SSSR count). The van der Waals surface area contributed by atoms with Crippen LogP contribution in [0.2, 0.25) is 0 Å². The molecule has 0 amide bonds. The smallest absolute Gasteiger partial charge is 0.399 e. The zero-order valence-corrected chi connectivity index (χ0v) is 18.0. The van der Waals surface area contributed by atoms with Crippen molar-refractivity contribution in [3.63, 3.8) is 0 Å². The summed E-state index contributed by atoms with van der Waals surface area (Å²) >= 11 is 0. The number of hydrogen-bond donors (Lipinski definition) is 0. The third kappa shape index (κ3) is 5.17. The quantitative estimate of drug-likeness (QED) is 0.700. The maximum absolute atomic E-state index is 8.79. The van der Waals surface area contributed by atoms with Crippen LogP contribution < -0.4 is 5.46 Å². The molecule has 152 valence electrons. The van der Waals surface area contributed by atoms with Crippen LogP contribution in [0.15, 0.2) is 24.3 Å². The first-order valence-corrected chi connectivity index (χ1v) is 10.8. The Kier molecular flexibility index (Phi) is 6.86. The number of rotatable bonds is 6. The Morgan fingerprint density at radius 2 is 1.89 bits per heavy atom. The number of benzene rings is 1. The molecule has 2 saturated heterocycles. The predicted octanol–water partition coefficient (Wildman–Crippen LogP) is 3.93. The Morgan fingerprint density at radius 1 is 1.14 bits per heavy atom. The van der Waals surface area contributed by atoms with Crippen molar-refractivity contribution in [1.29, 1.82) is 5.26 Å². The second-order valence-corrected chi connectivity index (χ2v) is 9.42. The third-order valence-electron chi connectivity index (χ3n) is 6.80. The number of aryl methyl sites for hydroxylation is 1. The van der Waals surface area contributed by atoms with Gasteiger partial charge in [0.1, 0.15) is 0 Å². The topological polar surface area (TPSA) is 45.5 Å². The minimum absolute atomic E-state index is 0.281. The Morgan fingerprint density at radius 3 is 2.61 bits per heavy atom. The van der Waals surface area contributed by atoms with Gasteiger partial charge in [-0.3, -0.25) is 0 Å². The second-order valence-electron chi connectivity index (χ2n) is 9.42. The Balaban J connectivity index is 1.54. The van der Waals surface area contributed by atoms with Crippen molar-refractivity contribution in [2.75, 3.05) is 19.6 Å². The van der Waals surface area contributed by atoms with Gasteiger partial charge in [0.2, 0.25) is 0 Å². The van der Waals surface area contributed by atoms with E-state index >= 15 is 0 Å². The molecule has 0 aromatic heterocycles. The summed E-state index contributed by atoms with van der Waals surface area (Å²) in [6.07, 6.45) is 6.80. The Bertz CT molecular complexity index is 682. The Labute approximate surface area is 171 Å². The van der Waals surface area contributed by atoms with Crippen molar-refractivity contribution in [3.05, 3.63) is 29.8 Å². The minimum atomic E-state index is -0.300. The van der Waals surface area contributed by atoms with Crippen LogP contribution in [-0.4, -0.2) is 42.9 Å². The minimum Gasteiger partial charge on any atom is -0.399 e. The number of hydrogen-bond acceptors (Lipinski definition) is 4. The van der Waals surface area contributed by atoms with E-state index in [1.807, 2.05) is 0 Å². The fraction of sp³-hybridized carbons (Fsp3) is 0.696. The molecule has 1 aromatic rings. The number of nitriles is 1. The maximum Gasteiger partial charge on any atom is 0.494 e. The van der Waals surface area contributed by atoms with Crippen LogP contribution >= 0.6 is 0 Å². The second kappa shape index (κ2) is 8.99. The molecular weight excluding hydrogens is 347 g/mol. The van der Waals surface area contributed by atoms with E-state index in [1.165, 1.54) is 31.2 Å². The molecule has 4 nitrogen and oxygen atoms in total. The van der Waals surface area contributed by atoms with Gasteiger partial charge in [-0.25, -0.2) is 0 Å². The van der Waals surface area contributed by atoms with Gasteiger partial charge in [-0.1, -0.05) is 24.3 Å². The van der Waals surface area contributed by atoms with Gasteiger partial charge < -0.3 is 14.2 Å². The summed E-state index contributed by atoms with van der Waals surface area (Å²) in [6.45, 7) is 11.6. The zero-order valence-electron chi connectivity index (χ0n) is 18.0. The molecule has 28 heavy (non-hydrogen) atoms. The summed E-state index contributed by atoms with van der Waals surface area (Å²) < 4.78 is 12.4. The van der Waals surface area contributed by atoms with Crippen molar-refractivity contribution in [1.82, 2.24) is 4.90 Å². The first kappa shape index (κ1) is 21.4. The van der Waals surface area contributed by atoms with Gasteiger partial charge in [-0.15, -0.1) is 0 Å². The Hall–Kier alpha value is -1.35. The molecular formula is C23H35BN2O2. The summed E-state index contributed by atoms with van der Waals surface area (Å²) in [5.74, 6) is 0.785. The largest absolute Gasteiger partial charge is 0.494 e. The molecule has 2 aliphatic rings. The van der Waals surface area contributed by atoms with Gasteiger partial charge in [0, 0.05) is 13.0 Å². The van der Waals surface area contributed by atoms with Crippen LogP contribution in [-0.2, 0) is 15.7 Å². The molecule has 0 bridgehead atoms. The highest BCUT2D eigenvalue weighted by molar-refractivity contribution is 6.62. The van der Waals surface area contributed by atoms with Crippen LogP contribution in [0, 0.1) is 17.2 Å². The molecule has 1 atom stereocenters. The van der Waals surface area contributed by atoms with Gasteiger partial charge >= 0.3 is 7.12 Å². The maximum atomic E-state index is 8.79. The monoisotopic (exact) mass is 382 g/mol. The lowest BCUT2D eigenvalue weighted by Crippen LogP contribution is -2.41. The van der Waals surface area contributed by atoms with Crippen molar-refractivity contribution < 1.29 is 9.31 Å². The van der Waals surface area contributed by atoms with E-state index in [1.54, 1.807) is 0 Å².